The van der Waals surface area contributed by atoms with Gasteiger partial charge in [0.25, 0.3) is 0 Å². The molecule has 0 saturated heterocycles. The molecule has 0 aromatic heterocycles. The van der Waals surface area contributed by atoms with Crippen LogP contribution in [0.5, 0.6) is 0 Å². The number of ether oxygens (including phenoxy) is 8. The number of rotatable bonds is 53. The number of carbonyl (C=O) groups is 3. The zero-order valence-corrected chi connectivity index (χ0v) is 111. The number of allylic oxidation sites excluding steroid dienone is 3. The molecule has 0 aromatic carbocycles. The number of ketones is 1. The zero-order chi connectivity index (χ0) is 116. The smallest absolute Gasteiger partial charge is 0.155 e. The molecule has 145 heavy (non-hydrogen) atoms. The maximum Gasteiger partial charge on any atom is 0.155 e. The van der Waals surface area contributed by atoms with Crippen molar-refractivity contribution in [3.63, 3.8) is 0 Å². The number of methoxy groups -OCH3 is 8. The van der Waals surface area contributed by atoms with E-state index in [9.17, 15) is 24.6 Å². The van der Waals surface area contributed by atoms with Crippen LogP contribution in [0.1, 0.15) is 341 Å². The van der Waals surface area contributed by atoms with Crippen molar-refractivity contribution >= 4 is 110 Å². The van der Waals surface area contributed by atoms with E-state index < -0.39 is 30.3 Å². The van der Waals surface area contributed by atoms with Crippen molar-refractivity contribution in [3.05, 3.63) is 136 Å². The van der Waals surface area contributed by atoms with Crippen molar-refractivity contribution < 1.29 is 72.7 Å². The van der Waals surface area contributed by atoms with Crippen molar-refractivity contribution in [2.24, 2.45) is 47.3 Å². The van der Waals surface area contributed by atoms with Gasteiger partial charge in [0.15, 0.2) is 5.78 Å². The molecule has 4 N–H and O–H groups in total. The Bertz CT molecular complexity index is 3860. The first-order chi connectivity index (χ1) is 68.1. The average molecular weight is 2420 g/mol. The Kier molecular flexibility index (Phi) is 108. The third-order valence-corrected chi connectivity index (χ3v) is 49.4. The molecule has 0 aliphatic heterocycles. The highest BCUT2D eigenvalue weighted by atomic mass is 127. The van der Waals surface area contributed by atoms with Gasteiger partial charge in [0.1, 0.15) is 67.3 Å². The molecular formula is C124H221I3O15Si3. The van der Waals surface area contributed by atoms with E-state index >= 15 is 0 Å². The van der Waals surface area contributed by atoms with E-state index in [1.165, 1.54) is 22.3 Å². The minimum Gasteiger partial charge on any atom is -0.392 e. The van der Waals surface area contributed by atoms with Crippen LogP contribution in [0.4, 0.5) is 0 Å². The Morgan fingerprint density at radius 3 is 0.766 bits per heavy atom. The third-order valence-electron chi connectivity index (χ3n) is 27.5. The van der Waals surface area contributed by atoms with Crippen molar-refractivity contribution in [1.29, 1.82) is 0 Å². The molecular weight excluding hydrogens is 2190 g/mol. The number of hydrogen-bond donors (Lipinski definition) is 4. The first-order valence-electron chi connectivity index (χ1n) is 53.4. The largest absolute Gasteiger partial charge is 0.392 e. The van der Waals surface area contributed by atoms with Gasteiger partial charge in [-0.1, -0.05) is 369 Å². The maximum absolute atomic E-state index is 11.6. The fourth-order valence-corrected chi connectivity index (χ4v) is 35.4. The average Bonchev–Trinajstić information content (AvgIpc) is 0.808. The van der Waals surface area contributed by atoms with Crippen LogP contribution in [-0.4, -0.2) is 195 Å². The predicted molar refractivity (Wildman–Crippen MR) is 668 cm³/mol. The van der Waals surface area contributed by atoms with Crippen LogP contribution >= 0.6 is 67.8 Å². The third kappa shape index (κ3) is 63.5. The lowest BCUT2D eigenvalue weighted by atomic mass is 9.91. The lowest BCUT2D eigenvalue weighted by Crippen LogP contribution is -2.43. The van der Waals surface area contributed by atoms with Crippen LogP contribution in [-0.2, 0) is 52.3 Å². The summed E-state index contributed by atoms with van der Waals surface area (Å²) >= 11 is 6.68. The van der Waals surface area contributed by atoms with Crippen LogP contribution < -0.4 is 0 Å². The monoisotopic (exact) mass is 2420 g/mol. The first kappa shape index (κ1) is 161. The summed E-state index contributed by atoms with van der Waals surface area (Å²) in [6, 6.07) is 0. The fourth-order valence-electron chi connectivity index (χ4n) is 18.6. The number of aliphatic hydroxyl groups excluding tert-OH is 4. The quantitative estimate of drug-likeness (QED) is 0.0112. The summed E-state index contributed by atoms with van der Waals surface area (Å²) in [4.78, 5) is 33.3. The SMILES string of the molecule is C#C[C@H](OC)[C@H](/C=C(\C)CC)CC.C#C[C@H](OC)[C@H](/C=C(\C)CO)CC.C=C.C=CC[C@H](O)/C(C)=C/[C@H](CC)[C@@H](OC)/C(C)=C/I.CC.CC[C@@H](/C=C(\C)C(C)=O)[C@H](C#C[Si](C(C)C)(C(C)C)C(C)C)OC.CC[C@@H](/C=C(\C)C=O)[C@@H](OC)/C(C)=C/I.CC[C@@H](/C=C(\C)CO)[C@@H](OC)/C(C)=C/I.CC[C@@H](/C=C(\C)CO)[C@H](C#C[Si](C(C)C)(C(C)C)C(C)C)OC.CC[C@@H](C=O)[C@H](C#C[Si](C(C)C)(C(C)C)C(C)C)OC. The summed E-state index contributed by atoms with van der Waals surface area (Å²) in [5.74, 6) is 17.4. The minimum absolute atomic E-state index is 0.0711. The maximum atomic E-state index is 11.6. The molecule has 17 atom stereocenters. The second-order valence-electron chi connectivity index (χ2n) is 40.1. The lowest BCUT2D eigenvalue weighted by Gasteiger charge is -2.38. The molecule has 0 aliphatic carbocycles. The van der Waals surface area contributed by atoms with Gasteiger partial charge in [-0.15, -0.1) is 49.2 Å². The standard InChI is InChI=1S/C21H38O2Si.C20H38O2Si.C17H32O2Si.C15H25IO2.C12H21IO2.C12H19IO2.C12H20O.C11H18O2.C2H6.C2H4/c1-11-20(14-18(8)19(9)22)21(23-10)12-13-24(15(2)3,16(4)5)17(6)7;1-10-19(13-18(8)14-21)20(22-9)11-12-23(15(2)3,16(4)5)17(6)7;1-9-16(12-18)17(19-8)10-11-20(13(2)3,14(4)5)15(6)7;1-6-8-14(17)11(3)9-13(7-2)15(18-5)12(4)10-16;2*1-5-11(6-9(2)8-14)12(15-4)10(3)7-13;1-6-10(4)9-11(7-2)12(8-3)13-5;1-5-10(7-9(3)8-12)11(6-2)13-4;2*1-2/h14-17,20-21H,11H2,1-10H3;13,15-17,19-21H,10,14H2,1-9H3;12-17H,9H2,1-8H3;6,9-10,13-15,17H,1,7-8H2,2-5H3;6-7,11-12,14H,5,8H2,1-4H3;6-8,11-12H,5H2,1-4H3;3,9,11-12H,6-7H2,1-2,4-5H3;2,7,10-12H,5,8H2,1,3-4H3;1-2H3;1-2H2/b18-14+;18-13+;;11-9+,12-10+;2*9-6+,10-7+;10-9+;9-7+;;/t20-,21-;19-,20-;16-,17-;13-,14-,15-;3*11-,12-;10-,11-;;/m00000000../s1. The number of Topliss-reactive ketones (excluding diaryl/α,β-unsaturated/α-hetero) is 1. The summed E-state index contributed by atoms with van der Waals surface area (Å²) in [7, 11) is 8.36. The molecule has 0 fully saturated rings. The molecule has 0 aromatic rings. The van der Waals surface area contributed by atoms with Gasteiger partial charge in [0.05, 0.1) is 50.2 Å². The van der Waals surface area contributed by atoms with Crippen LogP contribution in [0.15, 0.2) is 136 Å². The van der Waals surface area contributed by atoms with Gasteiger partial charge in [-0.05, 0) is 236 Å². The van der Waals surface area contributed by atoms with Gasteiger partial charge in [0.2, 0.25) is 0 Å². The van der Waals surface area contributed by atoms with Crippen molar-refractivity contribution in [3.8, 4) is 59.1 Å². The normalized spacial score (nSPS) is 16.1. The summed E-state index contributed by atoms with van der Waals surface area (Å²) in [5, 5.41) is 37.0. The molecule has 0 aliphatic rings. The van der Waals surface area contributed by atoms with Crippen LogP contribution in [0.2, 0.25) is 49.9 Å². The van der Waals surface area contributed by atoms with Gasteiger partial charge < -0.3 is 63.1 Å². The molecule has 0 unspecified atom stereocenters. The Morgan fingerprint density at radius 1 is 0.345 bits per heavy atom. The Balaban J connectivity index is -0.000000180. The van der Waals surface area contributed by atoms with Crippen molar-refractivity contribution in [1.82, 2.24) is 0 Å². The number of terminal acetylenes is 2. The highest BCUT2D eigenvalue weighted by Crippen LogP contribution is 2.44. The predicted octanol–water partition coefficient (Wildman–Crippen LogP) is 32.9. The van der Waals surface area contributed by atoms with E-state index in [0.717, 1.165) is 104 Å². The molecule has 0 saturated carbocycles. The van der Waals surface area contributed by atoms with Gasteiger partial charge in [-0.25, -0.2) is 0 Å². The Morgan fingerprint density at radius 2 is 0.572 bits per heavy atom. The Hall–Kier alpha value is -3.95. The van der Waals surface area contributed by atoms with Gasteiger partial charge in [-0.3, -0.25) is 9.59 Å². The molecule has 0 radical (unpaired) electrons. The Labute approximate surface area is 940 Å². The highest BCUT2D eigenvalue weighted by Gasteiger charge is 2.45. The van der Waals surface area contributed by atoms with Gasteiger partial charge in [-0.2, -0.15) is 0 Å². The number of carbonyl (C=O) groups excluding carboxylic acids is 3. The minimum atomic E-state index is -1.76. The molecule has 0 heterocycles. The number of hydrogen-bond acceptors (Lipinski definition) is 15. The molecule has 0 rings (SSSR count). The molecule has 21 heteroatoms. The van der Waals surface area contributed by atoms with E-state index in [2.05, 4.69) is 367 Å². The van der Waals surface area contributed by atoms with Crippen LogP contribution in [0.3, 0.4) is 0 Å². The second-order valence-corrected chi connectivity index (χ2v) is 58.7. The van der Waals surface area contributed by atoms with E-state index in [4.69, 9.17) is 61.0 Å². The first-order valence-corrected chi connectivity index (χ1v) is 63.8. The van der Waals surface area contributed by atoms with E-state index in [1.54, 1.807) is 69.9 Å². The van der Waals surface area contributed by atoms with Gasteiger partial charge in [0, 0.05) is 98.3 Å². The summed E-state index contributed by atoms with van der Waals surface area (Å²) in [6.45, 7) is 96.0. The second kappa shape index (κ2) is 97.0. The van der Waals surface area contributed by atoms with E-state index in [1.807, 2.05) is 91.5 Å². The number of aliphatic hydroxyl groups is 4. The summed E-state index contributed by atoms with van der Waals surface area (Å²) in [5.41, 5.74) is 27.2. The summed E-state index contributed by atoms with van der Waals surface area (Å²) in [6.07, 6.45) is 37.2. The lowest BCUT2D eigenvalue weighted by molar-refractivity contribution is -0.114. The van der Waals surface area contributed by atoms with Crippen LogP contribution in [0, 0.1) is 106 Å². The summed E-state index contributed by atoms with van der Waals surface area (Å²) < 4.78 is 49.9. The molecule has 15 nitrogen and oxygen atoms in total. The topological polar surface area (TPSA) is 206 Å². The van der Waals surface area contributed by atoms with Crippen LogP contribution in [0.25, 0.3) is 0 Å². The molecule has 0 bridgehead atoms. The molecule has 0 amide bonds. The van der Waals surface area contributed by atoms with E-state index in [0.29, 0.717) is 74.0 Å². The fraction of sp³-hybridized carbons (Fsp3) is 0.702. The van der Waals surface area contributed by atoms with E-state index in [-0.39, 0.29) is 104 Å². The number of halogens is 3. The number of aldehydes is 2. The van der Waals surface area contributed by atoms with Crippen molar-refractivity contribution in [2.45, 2.75) is 446 Å². The highest BCUT2D eigenvalue weighted by molar-refractivity contribution is 14.1. The molecule has 0 spiro atoms. The molecule has 840 valence electrons. The zero-order valence-electron chi connectivity index (χ0n) is 101. The van der Waals surface area contributed by atoms with Crippen molar-refractivity contribution in [2.75, 3.05) is 76.7 Å². The van der Waals surface area contributed by atoms with Gasteiger partial charge >= 0.3 is 0 Å².